The molecular formula is C37H53N5O6. The molecular weight excluding hydrogens is 610 g/mol. The summed E-state index contributed by atoms with van der Waals surface area (Å²) in [5.74, 6) is 0.752. The molecule has 3 aliphatic carbocycles. The standard InChI is InChI=1S/C37H53N5O6/c1-24(2)11-10-12-25(3)29-15-16-30-34(29,5)19-18-31-35(6)20-17-28(48-26(4)43)21-36(35,22-38-46)41-32(44)40(27-13-8-7-9-14-27)33(45)42(41)37(30,31)23-39-47/h7-9,13-14,22-25,28-31,46-47H,10-12,15-21H2,1-6H3/t25-,28-,29+,30+,31+,34-,35-,36+,37+/m1/s1. The van der Waals surface area contributed by atoms with E-state index in [1.54, 1.807) is 35.2 Å². The first kappa shape index (κ1) is 34.2. The minimum atomic E-state index is -1.32. The van der Waals surface area contributed by atoms with Crippen LogP contribution in [0.15, 0.2) is 50.2 Å². The summed E-state index contributed by atoms with van der Waals surface area (Å²) in [5, 5.41) is 28.1. The second-order valence-electron chi connectivity index (χ2n) is 16.2. The van der Waals surface area contributed by atoms with Crippen LogP contribution in [0.3, 0.4) is 0 Å². The number of para-hydroxylation sites is 1. The number of hydrogen-bond acceptors (Lipinski definition) is 8. The highest BCUT2D eigenvalue weighted by Gasteiger charge is 2.74. The van der Waals surface area contributed by atoms with Gasteiger partial charge in [-0.25, -0.2) is 23.5 Å². The normalized spacial score (nSPS) is 36.5. The molecule has 0 saturated heterocycles. The third-order valence-corrected chi connectivity index (χ3v) is 13.5. The fraction of sp³-hybridized carbons (Fsp3) is 0.703. The number of nitrogens with zero attached hydrogens (tertiary/aromatic N) is 5. The van der Waals surface area contributed by atoms with Gasteiger partial charge < -0.3 is 15.2 Å². The predicted molar refractivity (Wildman–Crippen MR) is 183 cm³/mol. The summed E-state index contributed by atoms with van der Waals surface area (Å²) >= 11 is 0. The van der Waals surface area contributed by atoms with Crippen LogP contribution >= 0.6 is 0 Å². The number of aromatic nitrogens is 3. The lowest BCUT2D eigenvalue weighted by Gasteiger charge is -2.67. The summed E-state index contributed by atoms with van der Waals surface area (Å²) in [5.41, 5.74) is -4.06. The van der Waals surface area contributed by atoms with Gasteiger partial charge in [0, 0.05) is 18.8 Å². The van der Waals surface area contributed by atoms with E-state index >= 15 is 4.79 Å². The number of hydrogen-bond donors (Lipinski definition) is 2. The maximum atomic E-state index is 15.0. The molecule has 48 heavy (non-hydrogen) atoms. The van der Waals surface area contributed by atoms with Gasteiger partial charge in [-0.15, -0.1) is 0 Å². The summed E-state index contributed by atoms with van der Waals surface area (Å²) in [7, 11) is 0. The Labute approximate surface area is 282 Å². The summed E-state index contributed by atoms with van der Waals surface area (Å²) in [6, 6.07) is 8.84. The molecule has 0 bridgehead atoms. The van der Waals surface area contributed by atoms with Crippen molar-refractivity contribution in [2.75, 3.05) is 0 Å². The molecule has 0 amide bonds. The van der Waals surface area contributed by atoms with Crippen LogP contribution in [0.25, 0.3) is 5.69 Å². The molecule has 2 aromatic rings. The molecule has 0 unspecified atom stereocenters. The van der Waals surface area contributed by atoms with Gasteiger partial charge in [-0.3, -0.25) is 4.79 Å². The molecule has 2 heterocycles. The second-order valence-corrected chi connectivity index (χ2v) is 16.2. The molecule has 11 heteroatoms. The Morgan fingerprint density at radius 1 is 0.938 bits per heavy atom. The second kappa shape index (κ2) is 12.4. The van der Waals surface area contributed by atoms with Gasteiger partial charge >= 0.3 is 17.3 Å². The van der Waals surface area contributed by atoms with Gasteiger partial charge in [0.2, 0.25) is 0 Å². The molecule has 6 rings (SSSR count). The van der Waals surface area contributed by atoms with Crippen molar-refractivity contribution in [1.29, 1.82) is 0 Å². The zero-order chi connectivity index (χ0) is 34.6. The average Bonchev–Trinajstić information content (AvgIpc) is 3.52. The Balaban J connectivity index is 1.63. The fourth-order valence-electron chi connectivity index (χ4n) is 11.5. The molecule has 262 valence electrons. The lowest BCUT2D eigenvalue weighted by atomic mass is 9.43. The van der Waals surface area contributed by atoms with Crippen molar-refractivity contribution in [3.63, 3.8) is 0 Å². The van der Waals surface area contributed by atoms with E-state index < -0.39 is 39.9 Å². The highest BCUT2D eigenvalue weighted by molar-refractivity contribution is 5.75. The van der Waals surface area contributed by atoms with E-state index in [0.29, 0.717) is 36.3 Å². The van der Waals surface area contributed by atoms with Crippen molar-refractivity contribution in [3.8, 4) is 5.69 Å². The van der Waals surface area contributed by atoms with Crippen molar-refractivity contribution in [2.45, 2.75) is 123 Å². The quantitative estimate of drug-likeness (QED) is 0.143. The van der Waals surface area contributed by atoms with Crippen molar-refractivity contribution < 1.29 is 19.9 Å². The van der Waals surface area contributed by atoms with Crippen molar-refractivity contribution >= 4 is 18.4 Å². The molecule has 3 saturated carbocycles. The molecule has 1 aromatic heterocycles. The van der Waals surface area contributed by atoms with E-state index in [9.17, 15) is 20.0 Å². The first-order valence-corrected chi connectivity index (χ1v) is 17.9. The molecule has 3 fully saturated rings. The Bertz CT molecular complexity index is 1690. The smallest absolute Gasteiger partial charge is 0.352 e. The van der Waals surface area contributed by atoms with Gasteiger partial charge in [0.1, 0.15) is 17.2 Å². The highest BCUT2D eigenvalue weighted by Crippen LogP contribution is 2.71. The van der Waals surface area contributed by atoms with E-state index in [0.717, 1.165) is 32.1 Å². The molecule has 1 aliphatic heterocycles. The zero-order valence-electron chi connectivity index (χ0n) is 29.3. The van der Waals surface area contributed by atoms with Gasteiger partial charge in [0.05, 0.1) is 18.1 Å². The number of rotatable bonds is 9. The Kier molecular flexibility index (Phi) is 8.82. The van der Waals surface area contributed by atoms with E-state index in [4.69, 9.17) is 4.74 Å². The van der Waals surface area contributed by atoms with E-state index in [-0.39, 0.29) is 23.7 Å². The molecule has 9 atom stereocenters. The number of carbonyl (C=O) groups is 1. The maximum absolute atomic E-state index is 15.0. The largest absolute Gasteiger partial charge is 0.462 e. The highest BCUT2D eigenvalue weighted by atomic mass is 16.5. The minimum Gasteiger partial charge on any atom is -0.462 e. The molecule has 0 spiro atoms. The van der Waals surface area contributed by atoms with Crippen molar-refractivity contribution in [1.82, 2.24) is 13.9 Å². The van der Waals surface area contributed by atoms with Crippen LogP contribution < -0.4 is 11.4 Å². The summed E-state index contributed by atoms with van der Waals surface area (Å²) in [6.45, 7) is 12.7. The number of fused-ring (bicyclic) bond motifs is 8. The fourth-order valence-corrected chi connectivity index (χ4v) is 11.5. The molecule has 1 aromatic carbocycles. The third kappa shape index (κ3) is 4.76. The predicted octanol–water partition coefficient (Wildman–Crippen LogP) is 6.15. The van der Waals surface area contributed by atoms with Crippen LogP contribution in [-0.2, 0) is 20.6 Å². The molecule has 4 aliphatic rings. The van der Waals surface area contributed by atoms with Gasteiger partial charge in [-0.2, -0.15) is 0 Å². The monoisotopic (exact) mass is 663 g/mol. The lowest BCUT2D eigenvalue weighted by Crippen LogP contribution is -2.76. The Morgan fingerprint density at radius 3 is 2.27 bits per heavy atom. The van der Waals surface area contributed by atoms with E-state index in [2.05, 4.69) is 44.9 Å². The van der Waals surface area contributed by atoms with Crippen LogP contribution in [0.2, 0.25) is 0 Å². The van der Waals surface area contributed by atoms with Crippen molar-refractivity contribution in [3.05, 3.63) is 51.3 Å². The maximum Gasteiger partial charge on any atom is 0.352 e. The lowest BCUT2D eigenvalue weighted by molar-refractivity contribution is -0.181. The van der Waals surface area contributed by atoms with Gasteiger partial charge in [-0.1, -0.05) is 82.4 Å². The van der Waals surface area contributed by atoms with Gasteiger partial charge in [0.15, 0.2) is 0 Å². The number of carbonyl (C=O) groups excluding carboxylic acids is 1. The van der Waals surface area contributed by atoms with Crippen LogP contribution in [-0.4, -0.2) is 48.8 Å². The van der Waals surface area contributed by atoms with Crippen LogP contribution in [0, 0.1) is 40.4 Å². The zero-order valence-corrected chi connectivity index (χ0v) is 29.3. The molecule has 0 radical (unpaired) electrons. The van der Waals surface area contributed by atoms with E-state index in [1.165, 1.54) is 35.2 Å². The Morgan fingerprint density at radius 2 is 1.62 bits per heavy atom. The van der Waals surface area contributed by atoms with Crippen LogP contribution in [0.5, 0.6) is 0 Å². The number of ether oxygens (including phenoxy) is 1. The average molecular weight is 664 g/mol. The number of benzene rings is 1. The number of esters is 1. The SMILES string of the molecule is CC(=O)O[C@@H]1CC[C@]2(C)[C@@H]3CC[C@]4(C)[C@H]([C@H](C)CCCC(C)C)CC[C@@H]4[C@]3(C=NO)n3c(=O)n(-c4ccccc4)c(=O)n3[C@]2(C=NO)C1. The Hall–Kier alpha value is -3.63. The molecule has 11 nitrogen and oxygen atoms in total. The van der Waals surface area contributed by atoms with Crippen LogP contribution in [0.4, 0.5) is 0 Å². The third-order valence-electron chi connectivity index (χ3n) is 13.5. The summed E-state index contributed by atoms with van der Waals surface area (Å²) < 4.78 is 10.00. The first-order chi connectivity index (χ1) is 22.8. The summed E-state index contributed by atoms with van der Waals surface area (Å²) in [6.07, 6.45) is 10.6. The topological polar surface area (TPSA) is 140 Å². The van der Waals surface area contributed by atoms with Crippen LogP contribution in [0.1, 0.15) is 106 Å². The molecule has 2 N–H and O–H groups in total. The minimum absolute atomic E-state index is 0.0979. The van der Waals surface area contributed by atoms with E-state index in [1.807, 2.05) is 6.07 Å². The van der Waals surface area contributed by atoms with Gasteiger partial charge in [-0.05, 0) is 85.7 Å². The van der Waals surface area contributed by atoms with Crippen molar-refractivity contribution in [2.24, 2.45) is 50.7 Å². The first-order valence-electron chi connectivity index (χ1n) is 17.9. The van der Waals surface area contributed by atoms with Gasteiger partial charge in [0.25, 0.3) is 0 Å². The summed E-state index contributed by atoms with van der Waals surface area (Å²) in [4.78, 5) is 42.2. The number of oxime groups is 2.